The van der Waals surface area contributed by atoms with Gasteiger partial charge < -0.3 is 15.4 Å². The number of carbonyl (C=O) groups excluding carboxylic acids is 1. The van der Waals surface area contributed by atoms with Crippen molar-refractivity contribution in [2.75, 3.05) is 13.2 Å². The molecule has 4 nitrogen and oxygen atoms in total. The van der Waals surface area contributed by atoms with Gasteiger partial charge in [-0.2, -0.15) is 0 Å². The molecule has 118 valence electrons. The van der Waals surface area contributed by atoms with Crippen molar-refractivity contribution in [2.45, 2.75) is 46.2 Å². The molecule has 0 spiro atoms. The first-order chi connectivity index (χ1) is 9.81. The highest BCUT2D eigenvalue weighted by atomic mass is 35.5. The van der Waals surface area contributed by atoms with E-state index in [-0.39, 0.29) is 18.1 Å². The first-order valence-electron chi connectivity index (χ1n) is 7.25. The van der Waals surface area contributed by atoms with Crippen LogP contribution >= 0.6 is 11.6 Å². The molecule has 1 aromatic carbocycles. The van der Waals surface area contributed by atoms with Crippen LogP contribution in [0, 0.1) is 0 Å². The third kappa shape index (κ3) is 7.34. The van der Waals surface area contributed by atoms with Crippen LogP contribution in [0.5, 0.6) is 5.75 Å². The number of hydrogen-bond acceptors (Lipinski definition) is 3. The van der Waals surface area contributed by atoms with Gasteiger partial charge in [0.1, 0.15) is 5.75 Å². The Labute approximate surface area is 132 Å². The van der Waals surface area contributed by atoms with Gasteiger partial charge in [0.05, 0.1) is 0 Å². The SMILES string of the molecule is CCCNCc1cc(Cl)ccc1OCC(=O)NC(C)(C)C. The maximum atomic E-state index is 11.8. The van der Waals surface area contributed by atoms with Crippen LogP contribution < -0.4 is 15.4 Å². The van der Waals surface area contributed by atoms with Crippen LogP contribution in [-0.4, -0.2) is 24.6 Å². The zero-order chi connectivity index (χ0) is 15.9. The first kappa shape index (κ1) is 17.8. The van der Waals surface area contributed by atoms with Gasteiger partial charge in [0.25, 0.3) is 5.91 Å². The Morgan fingerprint density at radius 3 is 2.67 bits per heavy atom. The topological polar surface area (TPSA) is 50.4 Å². The molecular weight excluding hydrogens is 288 g/mol. The van der Waals surface area contributed by atoms with Gasteiger partial charge in [-0.15, -0.1) is 0 Å². The van der Waals surface area contributed by atoms with Crippen LogP contribution in [0.3, 0.4) is 0 Å². The van der Waals surface area contributed by atoms with Crippen LogP contribution in [-0.2, 0) is 11.3 Å². The standard InChI is InChI=1S/C16H25ClN2O2/c1-5-8-18-10-12-9-13(17)6-7-14(12)21-11-15(20)19-16(2,3)4/h6-7,9,18H,5,8,10-11H2,1-4H3,(H,19,20). The van der Waals surface area contributed by atoms with E-state index < -0.39 is 0 Å². The lowest BCUT2D eigenvalue weighted by Crippen LogP contribution is -2.43. The van der Waals surface area contributed by atoms with Gasteiger partial charge in [0.2, 0.25) is 0 Å². The molecule has 0 bridgehead atoms. The molecule has 0 unspecified atom stereocenters. The quantitative estimate of drug-likeness (QED) is 0.761. The van der Waals surface area contributed by atoms with Gasteiger partial charge in [0, 0.05) is 22.7 Å². The summed E-state index contributed by atoms with van der Waals surface area (Å²) in [6, 6.07) is 5.43. The fourth-order valence-corrected chi connectivity index (χ4v) is 2.02. The zero-order valence-corrected chi connectivity index (χ0v) is 14.0. The van der Waals surface area contributed by atoms with Crippen LogP contribution in [0.25, 0.3) is 0 Å². The predicted octanol–water partition coefficient (Wildman–Crippen LogP) is 3.13. The van der Waals surface area contributed by atoms with Gasteiger partial charge in [-0.1, -0.05) is 18.5 Å². The van der Waals surface area contributed by atoms with Gasteiger partial charge >= 0.3 is 0 Å². The molecule has 21 heavy (non-hydrogen) atoms. The van der Waals surface area contributed by atoms with Crippen molar-refractivity contribution in [3.63, 3.8) is 0 Å². The van der Waals surface area contributed by atoms with Gasteiger partial charge in [-0.25, -0.2) is 0 Å². The lowest BCUT2D eigenvalue weighted by atomic mass is 10.1. The Kier molecular flexibility index (Phi) is 6.99. The normalized spacial score (nSPS) is 11.3. The Morgan fingerprint density at radius 2 is 2.05 bits per heavy atom. The number of benzene rings is 1. The number of hydrogen-bond donors (Lipinski definition) is 2. The Bertz CT molecular complexity index is 470. The number of ether oxygens (including phenoxy) is 1. The monoisotopic (exact) mass is 312 g/mol. The van der Waals surface area contributed by atoms with Crippen molar-refractivity contribution >= 4 is 17.5 Å². The second-order valence-electron chi connectivity index (χ2n) is 6.02. The van der Waals surface area contributed by atoms with Crippen LogP contribution in [0.1, 0.15) is 39.7 Å². The minimum atomic E-state index is -0.258. The molecule has 0 aliphatic rings. The molecule has 0 saturated heterocycles. The molecule has 0 radical (unpaired) electrons. The number of nitrogens with one attached hydrogen (secondary N) is 2. The molecule has 0 aliphatic carbocycles. The van der Waals surface area contributed by atoms with E-state index in [1.54, 1.807) is 12.1 Å². The maximum absolute atomic E-state index is 11.8. The average Bonchev–Trinajstić information content (AvgIpc) is 2.36. The Morgan fingerprint density at radius 1 is 1.33 bits per heavy atom. The van der Waals surface area contributed by atoms with Crippen molar-refractivity contribution in [3.05, 3.63) is 28.8 Å². The number of carbonyl (C=O) groups is 1. The summed E-state index contributed by atoms with van der Waals surface area (Å²) >= 11 is 6.02. The molecule has 1 rings (SSSR count). The summed E-state index contributed by atoms with van der Waals surface area (Å²) in [4.78, 5) is 11.8. The lowest BCUT2D eigenvalue weighted by molar-refractivity contribution is -0.124. The van der Waals surface area contributed by atoms with Gasteiger partial charge in [-0.05, 0) is 51.9 Å². The number of amides is 1. The summed E-state index contributed by atoms with van der Waals surface area (Å²) in [6.45, 7) is 9.52. The Balaban J connectivity index is 2.63. The molecule has 0 heterocycles. The summed E-state index contributed by atoms with van der Waals surface area (Å²) < 4.78 is 5.62. The van der Waals surface area contributed by atoms with Crippen molar-refractivity contribution in [1.82, 2.24) is 10.6 Å². The van der Waals surface area contributed by atoms with Crippen molar-refractivity contribution < 1.29 is 9.53 Å². The average molecular weight is 313 g/mol. The predicted molar refractivity (Wildman–Crippen MR) is 86.8 cm³/mol. The van der Waals surface area contributed by atoms with E-state index in [2.05, 4.69) is 17.6 Å². The van der Waals surface area contributed by atoms with Crippen molar-refractivity contribution in [2.24, 2.45) is 0 Å². The summed E-state index contributed by atoms with van der Waals surface area (Å²) in [5, 5.41) is 6.83. The first-order valence-corrected chi connectivity index (χ1v) is 7.62. The molecule has 2 N–H and O–H groups in total. The van der Waals surface area contributed by atoms with Gasteiger partial charge in [0.15, 0.2) is 6.61 Å². The minimum absolute atomic E-state index is 0.000317. The number of rotatable bonds is 7. The number of halogens is 1. The zero-order valence-electron chi connectivity index (χ0n) is 13.3. The molecule has 0 aliphatic heterocycles. The molecular formula is C16H25ClN2O2. The molecule has 0 atom stereocenters. The van der Waals surface area contributed by atoms with Crippen LogP contribution in [0.15, 0.2) is 18.2 Å². The van der Waals surface area contributed by atoms with Gasteiger partial charge in [-0.3, -0.25) is 4.79 Å². The maximum Gasteiger partial charge on any atom is 0.258 e. The highest BCUT2D eigenvalue weighted by Gasteiger charge is 2.14. The molecule has 1 amide bonds. The van der Waals surface area contributed by atoms with Crippen molar-refractivity contribution in [3.8, 4) is 5.75 Å². The third-order valence-corrected chi connectivity index (χ3v) is 2.87. The van der Waals surface area contributed by atoms with E-state index in [0.29, 0.717) is 17.3 Å². The van der Waals surface area contributed by atoms with Crippen LogP contribution in [0.2, 0.25) is 5.02 Å². The molecule has 0 saturated carbocycles. The van der Waals surface area contributed by atoms with E-state index in [0.717, 1.165) is 18.5 Å². The second-order valence-corrected chi connectivity index (χ2v) is 6.45. The van der Waals surface area contributed by atoms with Crippen LogP contribution in [0.4, 0.5) is 0 Å². The smallest absolute Gasteiger partial charge is 0.258 e. The van der Waals surface area contributed by atoms with E-state index in [1.165, 1.54) is 0 Å². The molecule has 0 fully saturated rings. The van der Waals surface area contributed by atoms with E-state index in [4.69, 9.17) is 16.3 Å². The minimum Gasteiger partial charge on any atom is -0.483 e. The van der Waals surface area contributed by atoms with E-state index in [1.807, 2.05) is 26.8 Å². The fourth-order valence-electron chi connectivity index (χ4n) is 1.82. The fraction of sp³-hybridized carbons (Fsp3) is 0.562. The summed E-state index contributed by atoms with van der Waals surface area (Å²) in [6.07, 6.45) is 1.06. The summed E-state index contributed by atoms with van der Waals surface area (Å²) in [7, 11) is 0. The molecule has 5 heteroatoms. The largest absolute Gasteiger partial charge is 0.483 e. The molecule has 1 aromatic rings. The molecule has 0 aromatic heterocycles. The lowest BCUT2D eigenvalue weighted by Gasteiger charge is -2.21. The van der Waals surface area contributed by atoms with E-state index in [9.17, 15) is 4.79 Å². The summed E-state index contributed by atoms with van der Waals surface area (Å²) in [5.41, 5.74) is 0.700. The Hall–Kier alpha value is -1.26. The third-order valence-electron chi connectivity index (χ3n) is 2.64. The van der Waals surface area contributed by atoms with E-state index >= 15 is 0 Å². The highest BCUT2D eigenvalue weighted by Crippen LogP contribution is 2.22. The second kappa shape index (κ2) is 8.25. The summed E-state index contributed by atoms with van der Waals surface area (Å²) in [5.74, 6) is 0.553. The highest BCUT2D eigenvalue weighted by molar-refractivity contribution is 6.30. The van der Waals surface area contributed by atoms with Crippen molar-refractivity contribution in [1.29, 1.82) is 0 Å².